The second kappa shape index (κ2) is 3.99. The minimum absolute atomic E-state index is 0.00263. The van der Waals surface area contributed by atoms with Crippen LogP contribution < -0.4 is 0 Å². The van der Waals surface area contributed by atoms with E-state index in [1.807, 2.05) is 12.1 Å². The molecule has 0 N–H and O–H groups in total. The first-order valence-electron chi connectivity index (χ1n) is 4.54. The summed E-state index contributed by atoms with van der Waals surface area (Å²) >= 11 is 0. The third kappa shape index (κ3) is 3.33. The molecule has 0 unspecified atom stereocenters. The van der Waals surface area contributed by atoms with Crippen molar-refractivity contribution < 1.29 is 0 Å². The molecule has 70 valence electrons. The van der Waals surface area contributed by atoms with E-state index in [1.165, 1.54) is 0 Å². The van der Waals surface area contributed by atoms with Gasteiger partial charge in [0.2, 0.25) is 0 Å². The van der Waals surface area contributed by atoms with Crippen molar-refractivity contribution in [1.29, 1.82) is 5.26 Å². The van der Waals surface area contributed by atoms with Crippen molar-refractivity contribution in [3.05, 3.63) is 35.4 Å². The molecule has 1 rings (SSSR count). The lowest BCUT2D eigenvalue weighted by Gasteiger charge is -2.06. The molecule has 14 heavy (non-hydrogen) atoms. The summed E-state index contributed by atoms with van der Waals surface area (Å²) in [5, 5.41) is 8.69. The maximum Gasteiger partial charge on any atom is 0.0992 e. The van der Waals surface area contributed by atoms with Gasteiger partial charge in [0.1, 0.15) is 0 Å². The van der Waals surface area contributed by atoms with E-state index >= 15 is 0 Å². The lowest BCUT2D eigenvalue weighted by molar-refractivity contribution is 0.571. The van der Waals surface area contributed by atoms with Crippen LogP contribution in [0, 0.1) is 28.6 Å². The summed E-state index contributed by atoms with van der Waals surface area (Å²) < 4.78 is 0. The van der Waals surface area contributed by atoms with Crippen LogP contribution >= 0.6 is 0 Å². The molecule has 0 saturated carbocycles. The predicted molar refractivity (Wildman–Crippen MR) is 57.5 cm³/mol. The van der Waals surface area contributed by atoms with E-state index in [0.29, 0.717) is 5.56 Å². The van der Waals surface area contributed by atoms with Crippen LogP contribution in [0.4, 0.5) is 0 Å². The summed E-state index contributed by atoms with van der Waals surface area (Å²) in [6.07, 6.45) is 0. The Morgan fingerprint density at radius 2 is 1.79 bits per heavy atom. The Hall–Kier alpha value is -1.73. The Balaban J connectivity index is 2.98. The van der Waals surface area contributed by atoms with E-state index in [-0.39, 0.29) is 5.41 Å². The summed E-state index contributed by atoms with van der Waals surface area (Å²) in [5.74, 6) is 6.19. The molecule has 0 aliphatic rings. The van der Waals surface area contributed by atoms with Crippen molar-refractivity contribution in [1.82, 2.24) is 0 Å². The summed E-state index contributed by atoms with van der Waals surface area (Å²) in [5.41, 5.74) is 1.56. The highest BCUT2D eigenvalue weighted by molar-refractivity contribution is 5.41. The van der Waals surface area contributed by atoms with Gasteiger partial charge in [0, 0.05) is 11.0 Å². The van der Waals surface area contributed by atoms with Gasteiger partial charge in [0.15, 0.2) is 0 Å². The van der Waals surface area contributed by atoms with Gasteiger partial charge in [0.05, 0.1) is 11.6 Å². The lowest BCUT2D eigenvalue weighted by atomic mass is 9.97. The van der Waals surface area contributed by atoms with Gasteiger partial charge in [0.25, 0.3) is 0 Å². The van der Waals surface area contributed by atoms with Crippen molar-refractivity contribution in [2.24, 2.45) is 5.41 Å². The molecule has 0 fully saturated rings. The zero-order valence-electron chi connectivity index (χ0n) is 8.76. The molecule has 0 aliphatic carbocycles. The molecule has 0 aliphatic heterocycles. The molecule has 0 saturated heterocycles. The third-order valence-corrected chi connectivity index (χ3v) is 1.57. The molecule has 1 heteroatoms. The fraction of sp³-hybridized carbons (Fsp3) is 0.308. The van der Waals surface area contributed by atoms with E-state index in [4.69, 9.17) is 5.26 Å². The maximum atomic E-state index is 8.69. The molecule has 0 radical (unpaired) electrons. The van der Waals surface area contributed by atoms with Gasteiger partial charge in [-0.25, -0.2) is 0 Å². The summed E-state index contributed by atoms with van der Waals surface area (Å²) in [7, 11) is 0. The number of hydrogen-bond acceptors (Lipinski definition) is 1. The van der Waals surface area contributed by atoms with E-state index in [0.717, 1.165) is 5.56 Å². The zero-order valence-corrected chi connectivity index (χ0v) is 8.76. The number of rotatable bonds is 0. The monoisotopic (exact) mass is 183 g/mol. The minimum atomic E-state index is 0.00263. The molecule has 0 heterocycles. The van der Waals surface area contributed by atoms with E-state index in [1.54, 1.807) is 12.1 Å². The quantitative estimate of drug-likeness (QED) is 0.567. The first-order valence-corrected chi connectivity index (χ1v) is 4.54. The van der Waals surface area contributed by atoms with E-state index in [9.17, 15) is 0 Å². The van der Waals surface area contributed by atoms with Gasteiger partial charge >= 0.3 is 0 Å². The second-order valence-corrected chi connectivity index (χ2v) is 4.19. The van der Waals surface area contributed by atoms with Crippen LogP contribution in [-0.4, -0.2) is 0 Å². The highest BCUT2D eigenvalue weighted by Crippen LogP contribution is 2.11. The molecule has 0 atom stereocenters. The number of hydrogen-bond donors (Lipinski definition) is 0. The van der Waals surface area contributed by atoms with Crippen LogP contribution in [0.5, 0.6) is 0 Å². The van der Waals surface area contributed by atoms with Crippen LogP contribution in [0.1, 0.15) is 31.9 Å². The first kappa shape index (κ1) is 10.4. The van der Waals surface area contributed by atoms with E-state index in [2.05, 4.69) is 38.7 Å². The van der Waals surface area contributed by atoms with Crippen molar-refractivity contribution in [2.45, 2.75) is 20.8 Å². The molecule has 1 aromatic rings. The van der Waals surface area contributed by atoms with Crippen LogP contribution in [0.2, 0.25) is 0 Å². The van der Waals surface area contributed by atoms with Gasteiger partial charge in [-0.15, -0.1) is 0 Å². The van der Waals surface area contributed by atoms with Crippen molar-refractivity contribution in [2.75, 3.05) is 0 Å². The van der Waals surface area contributed by atoms with Crippen molar-refractivity contribution >= 4 is 0 Å². The smallest absolute Gasteiger partial charge is 0.0992 e. The number of nitriles is 1. The topological polar surface area (TPSA) is 23.8 Å². The Morgan fingerprint density at radius 3 is 2.36 bits per heavy atom. The summed E-state index contributed by atoms with van der Waals surface area (Å²) in [6.45, 7) is 6.19. The van der Waals surface area contributed by atoms with E-state index < -0.39 is 0 Å². The number of benzene rings is 1. The Morgan fingerprint density at radius 1 is 1.14 bits per heavy atom. The van der Waals surface area contributed by atoms with Gasteiger partial charge in [-0.05, 0) is 39.0 Å². The van der Waals surface area contributed by atoms with Gasteiger partial charge in [-0.2, -0.15) is 5.26 Å². The second-order valence-electron chi connectivity index (χ2n) is 4.19. The first-order chi connectivity index (χ1) is 6.51. The van der Waals surface area contributed by atoms with Gasteiger partial charge in [-0.1, -0.05) is 17.9 Å². The Labute approximate surface area is 85.4 Å². The largest absolute Gasteiger partial charge is 0.192 e. The van der Waals surface area contributed by atoms with Crippen LogP contribution in [0.3, 0.4) is 0 Å². The average Bonchev–Trinajstić information content (AvgIpc) is 2.14. The lowest BCUT2D eigenvalue weighted by Crippen LogP contribution is -1.99. The number of nitrogens with zero attached hydrogens (tertiary/aromatic N) is 1. The minimum Gasteiger partial charge on any atom is -0.192 e. The average molecular weight is 183 g/mol. The fourth-order valence-electron chi connectivity index (χ4n) is 0.926. The fourth-order valence-corrected chi connectivity index (χ4v) is 0.926. The van der Waals surface area contributed by atoms with Crippen molar-refractivity contribution in [3.63, 3.8) is 0 Å². The molecular weight excluding hydrogens is 170 g/mol. The SMILES string of the molecule is CC(C)(C)C#Cc1cccc(C#N)c1. The van der Waals surface area contributed by atoms with Crippen LogP contribution in [0.25, 0.3) is 0 Å². The molecule has 1 nitrogen and oxygen atoms in total. The highest BCUT2D eigenvalue weighted by atomic mass is 14.2. The molecule has 0 spiro atoms. The normalized spacial score (nSPS) is 9.86. The molecule has 0 bridgehead atoms. The molecule has 0 amide bonds. The third-order valence-electron chi connectivity index (χ3n) is 1.57. The Kier molecular flexibility index (Phi) is 2.95. The van der Waals surface area contributed by atoms with Gasteiger partial charge in [-0.3, -0.25) is 0 Å². The van der Waals surface area contributed by atoms with Crippen molar-refractivity contribution in [3.8, 4) is 17.9 Å². The van der Waals surface area contributed by atoms with Crippen LogP contribution in [-0.2, 0) is 0 Å². The highest BCUT2D eigenvalue weighted by Gasteiger charge is 2.03. The predicted octanol–water partition coefficient (Wildman–Crippen LogP) is 2.96. The Bertz CT molecular complexity index is 419. The van der Waals surface area contributed by atoms with Crippen LogP contribution in [0.15, 0.2) is 24.3 Å². The molecular formula is C13H13N. The molecule has 1 aromatic carbocycles. The molecule has 0 aromatic heterocycles. The van der Waals surface area contributed by atoms with Gasteiger partial charge < -0.3 is 0 Å². The maximum absolute atomic E-state index is 8.69. The summed E-state index contributed by atoms with van der Waals surface area (Å²) in [4.78, 5) is 0. The summed E-state index contributed by atoms with van der Waals surface area (Å²) in [6, 6.07) is 9.45. The standard InChI is InChI=1S/C13H13N/c1-13(2,3)8-7-11-5-4-6-12(9-11)10-14/h4-6,9H,1-3H3. The zero-order chi connectivity index (χ0) is 10.6.